The van der Waals surface area contributed by atoms with Crippen LogP contribution in [0.3, 0.4) is 0 Å². The molecule has 2 aromatic carbocycles. The Morgan fingerprint density at radius 1 is 1.07 bits per heavy atom. The van der Waals surface area contributed by atoms with Crippen LogP contribution in [0.1, 0.15) is 41.8 Å². The Morgan fingerprint density at radius 3 is 2.34 bits per heavy atom. The number of nitrogens with one attached hydrogen (secondary N) is 1. The molecule has 2 aromatic rings. The highest BCUT2D eigenvalue weighted by atomic mass is 16.4. The van der Waals surface area contributed by atoms with Crippen LogP contribution in [0.15, 0.2) is 48.5 Å². The van der Waals surface area contributed by atoms with E-state index in [0.29, 0.717) is 30.6 Å². The van der Waals surface area contributed by atoms with Crippen LogP contribution in [-0.2, 0) is 16.0 Å². The second-order valence-corrected chi connectivity index (χ2v) is 7.53. The van der Waals surface area contributed by atoms with Crippen molar-refractivity contribution in [1.82, 2.24) is 4.90 Å². The Labute approximate surface area is 171 Å². The molecule has 6 nitrogen and oxygen atoms in total. The number of rotatable bonds is 9. The molecule has 0 spiro atoms. The van der Waals surface area contributed by atoms with Gasteiger partial charge in [-0.2, -0.15) is 0 Å². The summed E-state index contributed by atoms with van der Waals surface area (Å²) in [6.07, 6.45) is 0.994. The van der Waals surface area contributed by atoms with Gasteiger partial charge in [0.05, 0.1) is 0 Å². The number of aliphatic carboxylic acids is 1. The summed E-state index contributed by atoms with van der Waals surface area (Å²) in [6, 6.07) is 14.6. The fourth-order valence-corrected chi connectivity index (χ4v) is 3.02. The third-order valence-corrected chi connectivity index (χ3v) is 4.47. The minimum Gasteiger partial charge on any atom is -0.480 e. The Bertz CT molecular complexity index is 862. The zero-order valence-corrected chi connectivity index (χ0v) is 17.1. The molecular formula is C23H28N2O4. The first-order chi connectivity index (χ1) is 13.8. The number of amides is 2. The van der Waals surface area contributed by atoms with E-state index in [4.69, 9.17) is 0 Å². The van der Waals surface area contributed by atoms with Crippen molar-refractivity contribution in [3.63, 3.8) is 0 Å². The summed E-state index contributed by atoms with van der Waals surface area (Å²) in [5.41, 5.74) is 2.85. The van der Waals surface area contributed by atoms with E-state index in [2.05, 4.69) is 5.32 Å². The number of aryl methyl sites for hydroxylation is 1. The predicted molar refractivity (Wildman–Crippen MR) is 113 cm³/mol. The number of hydrogen-bond acceptors (Lipinski definition) is 3. The highest BCUT2D eigenvalue weighted by Crippen LogP contribution is 2.19. The molecule has 0 saturated heterocycles. The highest BCUT2D eigenvalue weighted by Gasteiger charge is 2.19. The average Bonchev–Trinajstić information content (AvgIpc) is 2.66. The molecule has 0 aromatic heterocycles. The van der Waals surface area contributed by atoms with E-state index in [9.17, 15) is 19.5 Å². The molecule has 0 bridgehead atoms. The monoisotopic (exact) mass is 396 g/mol. The van der Waals surface area contributed by atoms with E-state index >= 15 is 0 Å². The van der Waals surface area contributed by atoms with Crippen molar-refractivity contribution < 1.29 is 19.5 Å². The van der Waals surface area contributed by atoms with E-state index in [-0.39, 0.29) is 24.3 Å². The van der Waals surface area contributed by atoms with Crippen molar-refractivity contribution in [2.24, 2.45) is 5.92 Å². The molecule has 0 radical (unpaired) electrons. The van der Waals surface area contributed by atoms with E-state index < -0.39 is 5.97 Å². The number of carbonyl (C=O) groups excluding carboxylic acids is 2. The summed E-state index contributed by atoms with van der Waals surface area (Å²) in [4.78, 5) is 37.5. The van der Waals surface area contributed by atoms with E-state index in [1.54, 1.807) is 18.2 Å². The summed E-state index contributed by atoms with van der Waals surface area (Å²) in [5.74, 6) is -1.21. The minimum absolute atomic E-state index is 0.0717. The number of carboxylic acids is 1. The third-order valence-electron chi connectivity index (χ3n) is 4.47. The van der Waals surface area contributed by atoms with Gasteiger partial charge in [-0.15, -0.1) is 0 Å². The number of carbonyl (C=O) groups is 3. The maximum absolute atomic E-state index is 12.9. The van der Waals surface area contributed by atoms with Crippen LogP contribution in [-0.4, -0.2) is 40.9 Å². The summed E-state index contributed by atoms with van der Waals surface area (Å²) in [5, 5.41) is 12.1. The molecule has 0 aliphatic rings. The quantitative estimate of drug-likeness (QED) is 0.676. The SMILES string of the molecule is Cc1cc(C(=O)N(CCc2ccccc2)CC(=O)O)ccc1NC(=O)CC(C)C. The molecule has 2 rings (SSSR count). The number of hydrogen-bond donors (Lipinski definition) is 2. The summed E-state index contributed by atoms with van der Waals surface area (Å²) >= 11 is 0. The van der Waals surface area contributed by atoms with Gasteiger partial charge in [0, 0.05) is 24.2 Å². The topological polar surface area (TPSA) is 86.7 Å². The van der Waals surface area contributed by atoms with Crippen LogP contribution in [0.5, 0.6) is 0 Å². The molecule has 0 heterocycles. The lowest BCUT2D eigenvalue weighted by atomic mass is 10.1. The first-order valence-electron chi connectivity index (χ1n) is 9.71. The third kappa shape index (κ3) is 7.07. The molecule has 0 fully saturated rings. The fourth-order valence-electron chi connectivity index (χ4n) is 3.02. The van der Waals surface area contributed by atoms with Crippen LogP contribution in [0.2, 0.25) is 0 Å². The smallest absolute Gasteiger partial charge is 0.323 e. The zero-order chi connectivity index (χ0) is 21.4. The fraction of sp³-hybridized carbons (Fsp3) is 0.348. The lowest BCUT2D eigenvalue weighted by molar-refractivity contribution is -0.137. The van der Waals surface area contributed by atoms with Gasteiger partial charge >= 0.3 is 5.97 Å². The molecule has 154 valence electrons. The van der Waals surface area contributed by atoms with Gasteiger partial charge in [-0.05, 0) is 48.6 Å². The molecule has 29 heavy (non-hydrogen) atoms. The van der Waals surface area contributed by atoms with Crippen molar-refractivity contribution in [1.29, 1.82) is 0 Å². The second kappa shape index (κ2) is 10.4. The number of carboxylic acid groups (broad SMARTS) is 1. The van der Waals surface area contributed by atoms with Gasteiger partial charge in [-0.3, -0.25) is 14.4 Å². The molecule has 0 saturated carbocycles. The van der Waals surface area contributed by atoms with Crippen molar-refractivity contribution in [3.8, 4) is 0 Å². The highest BCUT2D eigenvalue weighted by molar-refractivity contribution is 5.97. The first-order valence-corrected chi connectivity index (χ1v) is 9.71. The summed E-state index contributed by atoms with van der Waals surface area (Å²) in [6.45, 7) is 5.70. The van der Waals surface area contributed by atoms with Crippen LogP contribution < -0.4 is 5.32 Å². The summed E-state index contributed by atoms with van der Waals surface area (Å²) in [7, 11) is 0. The van der Waals surface area contributed by atoms with E-state index in [0.717, 1.165) is 11.1 Å². The maximum Gasteiger partial charge on any atom is 0.323 e. The van der Waals surface area contributed by atoms with Gasteiger partial charge in [0.1, 0.15) is 6.54 Å². The molecule has 6 heteroatoms. The minimum atomic E-state index is -1.05. The molecule has 2 N–H and O–H groups in total. The summed E-state index contributed by atoms with van der Waals surface area (Å²) < 4.78 is 0. The van der Waals surface area contributed by atoms with Gasteiger partial charge in [0.15, 0.2) is 0 Å². The van der Waals surface area contributed by atoms with E-state index in [1.807, 2.05) is 51.1 Å². The van der Waals surface area contributed by atoms with Gasteiger partial charge < -0.3 is 15.3 Å². The van der Waals surface area contributed by atoms with Gasteiger partial charge in [0.25, 0.3) is 5.91 Å². The zero-order valence-electron chi connectivity index (χ0n) is 17.1. The largest absolute Gasteiger partial charge is 0.480 e. The molecule has 0 aliphatic carbocycles. The normalized spacial score (nSPS) is 10.6. The lowest BCUT2D eigenvalue weighted by Crippen LogP contribution is -2.37. The Morgan fingerprint density at radius 2 is 1.76 bits per heavy atom. The number of anilines is 1. The van der Waals surface area contributed by atoms with Crippen molar-refractivity contribution in [2.75, 3.05) is 18.4 Å². The maximum atomic E-state index is 12.9. The molecule has 0 unspecified atom stereocenters. The molecule has 2 amide bonds. The van der Waals surface area contributed by atoms with Crippen molar-refractivity contribution >= 4 is 23.5 Å². The molecule has 0 aliphatic heterocycles. The van der Waals surface area contributed by atoms with Crippen LogP contribution in [0, 0.1) is 12.8 Å². The van der Waals surface area contributed by atoms with Crippen molar-refractivity contribution in [2.45, 2.75) is 33.6 Å². The van der Waals surface area contributed by atoms with E-state index in [1.165, 1.54) is 4.90 Å². The molecule has 0 atom stereocenters. The second-order valence-electron chi connectivity index (χ2n) is 7.53. The number of nitrogens with zero attached hydrogens (tertiary/aromatic N) is 1. The van der Waals surface area contributed by atoms with Gasteiger partial charge in [-0.1, -0.05) is 44.2 Å². The Hall–Kier alpha value is -3.15. The Kier molecular flexibility index (Phi) is 7.95. The first kappa shape index (κ1) is 22.1. The predicted octanol–water partition coefficient (Wildman–Crippen LogP) is 3.75. The van der Waals surface area contributed by atoms with Gasteiger partial charge in [0.2, 0.25) is 5.91 Å². The van der Waals surface area contributed by atoms with Crippen LogP contribution >= 0.6 is 0 Å². The number of benzene rings is 2. The van der Waals surface area contributed by atoms with Crippen LogP contribution in [0.25, 0.3) is 0 Å². The van der Waals surface area contributed by atoms with Crippen molar-refractivity contribution in [3.05, 3.63) is 65.2 Å². The average molecular weight is 396 g/mol. The lowest BCUT2D eigenvalue weighted by Gasteiger charge is -2.21. The molecular weight excluding hydrogens is 368 g/mol. The standard InChI is InChI=1S/C23H28N2O4/c1-16(2)13-21(26)24-20-10-9-19(14-17(20)3)23(29)25(15-22(27)28)12-11-18-7-5-4-6-8-18/h4-10,14,16H,11-13,15H2,1-3H3,(H,24,26)(H,27,28). The Balaban J connectivity index is 2.12. The van der Waals surface area contributed by atoms with Crippen LogP contribution in [0.4, 0.5) is 5.69 Å². The van der Waals surface area contributed by atoms with Gasteiger partial charge in [-0.25, -0.2) is 0 Å².